The van der Waals surface area contributed by atoms with Crippen molar-refractivity contribution in [2.45, 2.75) is 17.1 Å². The minimum absolute atomic E-state index is 0.119. The SMILES string of the molecule is COc1ccc(NC(=O)COc2ccc(/C=N\NC(=O)[C@@H](C)Sc3ccccc3)cc2)cc1. The number of hydrazone groups is 1. The van der Waals surface area contributed by atoms with Crippen molar-refractivity contribution in [1.82, 2.24) is 5.43 Å². The summed E-state index contributed by atoms with van der Waals surface area (Å²) in [6.45, 7) is 1.71. The molecule has 0 heterocycles. The summed E-state index contributed by atoms with van der Waals surface area (Å²) < 4.78 is 10.6. The molecule has 170 valence electrons. The number of amides is 2. The van der Waals surface area contributed by atoms with E-state index >= 15 is 0 Å². The van der Waals surface area contributed by atoms with Gasteiger partial charge in [-0.05, 0) is 73.2 Å². The summed E-state index contributed by atoms with van der Waals surface area (Å²) in [4.78, 5) is 25.3. The first kappa shape index (κ1) is 23.9. The van der Waals surface area contributed by atoms with Crippen LogP contribution in [0.1, 0.15) is 12.5 Å². The molecule has 0 saturated carbocycles. The maximum atomic E-state index is 12.2. The van der Waals surface area contributed by atoms with Crippen molar-refractivity contribution in [3.63, 3.8) is 0 Å². The fourth-order valence-electron chi connectivity index (χ4n) is 2.69. The summed E-state index contributed by atoms with van der Waals surface area (Å²) in [5.41, 5.74) is 4.00. The molecular weight excluding hydrogens is 438 g/mol. The van der Waals surface area contributed by atoms with E-state index in [0.717, 1.165) is 10.5 Å². The minimum Gasteiger partial charge on any atom is -0.497 e. The van der Waals surface area contributed by atoms with Gasteiger partial charge in [-0.15, -0.1) is 11.8 Å². The Morgan fingerprint density at radius 3 is 2.30 bits per heavy atom. The molecule has 0 unspecified atom stereocenters. The Kier molecular flexibility index (Phi) is 8.90. The maximum Gasteiger partial charge on any atom is 0.262 e. The third-order valence-electron chi connectivity index (χ3n) is 4.44. The number of hydrogen-bond donors (Lipinski definition) is 2. The van der Waals surface area contributed by atoms with Gasteiger partial charge < -0.3 is 14.8 Å². The van der Waals surface area contributed by atoms with Crippen molar-refractivity contribution >= 4 is 35.5 Å². The molecule has 0 aliphatic heterocycles. The second-order valence-corrected chi connectivity index (χ2v) is 8.36. The van der Waals surface area contributed by atoms with Gasteiger partial charge in [0.15, 0.2) is 6.61 Å². The lowest BCUT2D eigenvalue weighted by Crippen LogP contribution is -2.26. The molecule has 0 aliphatic carbocycles. The number of benzene rings is 3. The van der Waals surface area contributed by atoms with Crippen LogP contribution in [-0.4, -0.2) is 37.0 Å². The molecule has 0 aliphatic rings. The molecule has 2 amide bonds. The molecule has 0 radical (unpaired) electrons. The van der Waals surface area contributed by atoms with Crippen LogP contribution >= 0.6 is 11.8 Å². The van der Waals surface area contributed by atoms with Crippen LogP contribution in [0.25, 0.3) is 0 Å². The fraction of sp³-hybridized carbons (Fsp3) is 0.160. The standard InChI is InChI=1S/C25H25N3O4S/c1-18(33-23-6-4-3-5-7-23)25(30)28-26-16-19-8-12-22(13-9-19)32-17-24(29)27-20-10-14-21(31-2)15-11-20/h3-16,18H,17H2,1-2H3,(H,27,29)(H,28,30)/b26-16-/t18-/m1/s1. The number of thioether (sulfide) groups is 1. The zero-order chi connectivity index (χ0) is 23.5. The predicted octanol–water partition coefficient (Wildman–Crippen LogP) is 4.34. The summed E-state index contributed by atoms with van der Waals surface area (Å²) in [7, 11) is 1.58. The number of ether oxygens (including phenoxy) is 2. The van der Waals surface area contributed by atoms with E-state index in [9.17, 15) is 9.59 Å². The number of carbonyl (C=O) groups excluding carboxylic acids is 2. The molecule has 33 heavy (non-hydrogen) atoms. The first-order chi connectivity index (χ1) is 16.0. The summed E-state index contributed by atoms with van der Waals surface area (Å²) in [6, 6.07) is 23.8. The average molecular weight is 464 g/mol. The van der Waals surface area contributed by atoms with Crippen LogP contribution in [-0.2, 0) is 9.59 Å². The maximum absolute atomic E-state index is 12.2. The van der Waals surface area contributed by atoms with E-state index in [2.05, 4.69) is 15.8 Å². The van der Waals surface area contributed by atoms with Crippen LogP contribution in [0.4, 0.5) is 5.69 Å². The van der Waals surface area contributed by atoms with Gasteiger partial charge in [0.2, 0.25) is 0 Å². The topological polar surface area (TPSA) is 89.0 Å². The highest BCUT2D eigenvalue weighted by Crippen LogP contribution is 2.22. The van der Waals surface area contributed by atoms with Crippen LogP contribution in [0.15, 0.2) is 88.9 Å². The fourth-order valence-corrected chi connectivity index (χ4v) is 3.57. The van der Waals surface area contributed by atoms with Crippen LogP contribution in [0.3, 0.4) is 0 Å². The molecule has 1 atom stereocenters. The van der Waals surface area contributed by atoms with Gasteiger partial charge >= 0.3 is 0 Å². The molecule has 0 saturated heterocycles. The average Bonchev–Trinajstić information content (AvgIpc) is 2.84. The monoisotopic (exact) mass is 463 g/mol. The first-order valence-corrected chi connectivity index (χ1v) is 11.1. The number of nitrogens with zero attached hydrogens (tertiary/aromatic N) is 1. The first-order valence-electron chi connectivity index (χ1n) is 10.2. The summed E-state index contributed by atoms with van der Waals surface area (Å²) in [5, 5.41) is 6.50. The minimum atomic E-state index is -0.274. The van der Waals surface area contributed by atoms with E-state index < -0.39 is 0 Å². The molecule has 0 fully saturated rings. The zero-order valence-electron chi connectivity index (χ0n) is 18.4. The van der Waals surface area contributed by atoms with E-state index in [1.165, 1.54) is 11.8 Å². The lowest BCUT2D eigenvalue weighted by molar-refractivity contribution is -0.120. The molecule has 0 bridgehead atoms. The number of nitrogens with one attached hydrogen (secondary N) is 2. The van der Waals surface area contributed by atoms with Gasteiger partial charge in [-0.2, -0.15) is 5.10 Å². The molecule has 0 spiro atoms. The second kappa shape index (κ2) is 12.3. The normalized spacial score (nSPS) is 11.6. The smallest absolute Gasteiger partial charge is 0.262 e. The van der Waals surface area contributed by atoms with Gasteiger partial charge in [-0.25, -0.2) is 5.43 Å². The summed E-state index contributed by atoms with van der Waals surface area (Å²) >= 11 is 1.47. The molecule has 3 rings (SSSR count). The van der Waals surface area contributed by atoms with Crippen molar-refractivity contribution < 1.29 is 19.1 Å². The van der Waals surface area contributed by atoms with E-state index in [1.54, 1.807) is 61.9 Å². The lowest BCUT2D eigenvalue weighted by Gasteiger charge is -2.09. The summed E-state index contributed by atoms with van der Waals surface area (Å²) in [6.07, 6.45) is 1.55. The Labute approximate surface area is 197 Å². The molecule has 2 N–H and O–H groups in total. The summed E-state index contributed by atoms with van der Waals surface area (Å²) in [5.74, 6) is 0.820. The Morgan fingerprint density at radius 2 is 1.64 bits per heavy atom. The molecule has 3 aromatic rings. The number of anilines is 1. The van der Waals surface area contributed by atoms with Crippen LogP contribution in [0, 0.1) is 0 Å². The number of hydrogen-bond acceptors (Lipinski definition) is 6. The number of methoxy groups -OCH3 is 1. The van der Waals surface area contributed by atoms with Gasteiger partial charge in [0, 0.05) is 10.6 Å². The van der Waals surface area contributed by atoms with Gasteiger partial charge in [0.25, 0.3) is 11.8 Å². The Bertz CT molecular complexity index is 1070. The van der Waals surface area contributed by atoms with Crippen LogP contribution in [0.2, 0.25) is 0 Å². The van der Waals surface area contributed by atoms with Crippen molar-refractivity contribution in [1.29, 1.82) is 0 Å². The van der Waals surface area contributed by atoms with Crippen molar-refractivity contribution in [3.8, 4) is 11.5 Å². The quantitative estimate of drug-likeness (QED) is 0.265. The van der Waals surface area contributed by atoms with Crippen LogP contribution in [0.5, 0.6) is 11.5 Å². The third-order valence-corrected chi connectivity index (χ3v) is 5.55. The Morgan fingerprint density at radius 1 is 0.970 bits per heavy atom. The van der Waals surface area contributed by atoms with Gasteiger partial charge in [0.05, 0.1) is 18.6 Å². The Hall–Kier alpha value is -3.78. The lowest BCUT2D eigenvalue weighted by atomic mass is 10.2. The molecule has 8 heteroatoms. The highest BCUT2D eigenvalue weighted by molar-refractivity contribution is 8.00. The van der Waals surface area contributed by atoms with Gasteiger partial charge in [-0.1, -0.05) is 18.2 Å². The largest absolute Gasteiger partial charge is 0.497 e. The molecule has 0 aromatic heterocycles. The number of rotatable bonds is 10. The highest BCUT2D eigenvalue weighted by Gasteiger charge is 2.13. The molecule has 3 aromatic carbocycles. The predicted molar refractivity (Wildman–Crippen MR) is 131 cm³/mol. The van der Waals surface area contributed by atoms with E-state index in [-0.39, 0.29) is 23.7 Å². The van der Waals surface area contributed by atoms with Gasteiger partial charge in [0.1, 0.15) is 11.5 Å². The van der Waals surface area contributed by atoms with Crippen molar-refractivity contribution in [2.75, 3.05) is 19.0 Å². The third kappa shape index (κ3) is 8.01. The van der Waals surface area contributed by atoms with Crippen LogP contribution < -0.4 is 20.2 Å². The van der Waals surface area contributed by atoms with E-state index in [1.807, 2.05) is 37.3 Å². The van der Waals surface area contributed by atoms with E-state index in [0.29, 0.717) is 17.2 Å². The van der Waals surface area contributed by atoms with Crippen molar-refractivity contribution in [2.24, 2.45) is 5.10 Å². The second-order valence-electron chi connectivity index (χ2n) is 6.94. The van der Waals surface area contributed by atoms with Gasteiger partial charge in [-0.3, -0.25) is 9.59 Å². The Balaban J connectivity index is 1.41. The van der Waals surface area contributed by atoms with Crippen molar-refractivity contribution in [3.05, 3.63) is 84.4 Å². The molecular formula is C25H25N3O4S. The van der Waals surface area contributed by atoms with E-state index in [4.69, 9.17) is 9.47 Å². The zero-order valence-corrected chi connectivity index (χ0v) is 19.2. The molecule has 7 nitrogen and oxygen atoms in total. The highest BCUT2D eigenvalue weighted by atomic mass is 32.2. The number of carbonyl (C=O) groups is 2.